The molecule has 0 fully saturated rings. The van der Waals surface area contributed by atoms with Crippen LogP contribution in [0.5, 0.6) is 0 Å². The van der Waals surface area contributed by atoms with Crippen LogP contribution in [0.25, 0.3) is 0 Å². The summed E-state index contributed by atoms with van der Waals surface area (Å²) in [4.78, 5) is 0. The van der Waals surface area contributed by atoms with Crippen molar-refractivity contribution in [2.24, 2.45) is 11.8 Å². The predicted octanol–water partition coefficient (Wildman–Crippen LogP) is 5.14. The Morgan fingerprint density at radius 1 is 0.722 bits per heavy atom. The van der Waals surface area contributed by atoms with E-state index in [0.717, 1.165) is 0 Å². The second-order valence-electron chi connectivity index (χ2n) is 7.50. The Labute approximate surface area is 113 Å². The molecule has 0 nitrogen and oxygen atoms in total. The Morgan fingerprint density at radius 3 is 1.28 bits per heavy atom. The first-order chi connectivity index (χ1) is 8.10. The van der Waals surface area contributed by atoms with Gasteiger partial charge in [-0.15, -0.1) is 0 Å². The quantitative estimate of drug-likeness (QED) is 0.592. The normalized spacial score (nSPS) is 28.9. The average molecular weight is 244 g/mol. The number of hydrogen-bond acceptors (Lipinski definition) is 0. The number of aryl methyl sites for hydroxylation is 2. The van der Waals surface area contributed by atoms with E-state index in [4.69, 9.17) is 0 Å². The molecule has 1 aromatic carbocycles. The van der Waals surface area contributed by atoms with Gasteiger partial charge >= 0.3 is 0 Å². The standard InChI is InChI=1S/C18H28/c1-11-9-15-16(10-12(11)2)18(7,8)14(4)13(3)17(15,5)6/h9-10,13-14H,1-8H3/t13-,14-/m0/s1. The molecule has 1 aliphatic carbocycles. The van der Waals surface area contributed by atoms with E-state index in [9.17, 15) is 0 Å². The van der Waals surface area contributed by atoms with E-state index in [1.54, 1.807) is 11.1 Å². The molecule has 2 atom stereocenters. The maximum Gasteiger partial charge on any atom is -0.00721 e. The maximum absolute atomic E-state index is 2.44. The van der Waals surface area contributed by atoms with Gasteiger partial charge in [0.15, 0.2) is 0 Å². The number of hydrogen-bond donors (Lipinski definition) is 0. The van der Waals surface area contributed by atoms with Crippen molar-refractivity contribution in [2.75, 3.05) is 0 Å². The molecule has 0 N–H and O–H groups in total. The molecule has 0 heteroatoms. The van der Waals surface area contributed by atoms with Crippen LogP contribution in [-0.2, 0) is 10.8 Å². The van der Waals surface area contributed by atoms with E-state index in [0.29, 0.717) is 11.8 Å². The first kappa shape index (κ1) is 13.6. The largest absolute Gasteiger partial charge is 0.0614 e. The third-order valence-corrected chi connectivity index (χ3v) is 6.05. The van der Waals surface area contributed by atoms with E-state index in [-0.39, 0.29) is 10.8 Å². The Morgan fingerprint density at radius 2 is 1.00 bits per heavy atom. The van der Waals surface area contributed by atoms with Gasteiger partial charge in [-0.1, -0.05) is 53.7 Å². The Kier molecular flexibility index (Phi) is 2.92. The van der Waals surface area contributed by atoms with Gasteiger partial charge in [-0.3, -0.25) is 0 Å². The van der Waals surface area contributed by atoms with Gasteiger partial charge < -0.3 is 0 Å². The Hall–Kier alpha value is -0.780. The third kappa shape index (κ3) is 1.65. The van der Waals surface area contributed by atoms with Crippen LogP contribution in [-0.4, -0.2) is 0 Å². The van der Waals surface area contributed by atoms with E-state index < -0.39 is 0 Å². The Balaban J connectivity index is 2.78. The van der Waals surface area contributed by atoms with Crippen LogP contribution in [0.2, 0.25) is 0 Å². The molecule has 100 valence electrons. The fourth-order valence-corrected chi connectivity index (χ4v) is 3.62. The molecule has 1 aromatic rings. The third-order valence-electron chi connectivity index (χ3n) is 6.05. The molecule has 0 aromatic heterocycles. The van der Waals surface area contributed by atoms with E-state index in [1.807, 2.05) is 0 Å². The zero-order chi connectivity index (χ0) is 13.9. The van der Waals surface area contributed by atoms with Crippen molar-refractivity contribution in [1.82, 2.24) is 0 Å². The van der Waals surface area contributed by atoms with Gasteiger partial charge in [0.2, 0.25) is 0 Å². The van der Waals surface area contributed by atoms with Crippen LogP contribution < -0.4 is 0 Å². The second-order valence-corrected chi connectivity index (χ2v) is 7.50. The summed E-state index contributed by atoms with van der Waals surface area (Å²) in [5.41, 5.74) is 6.56. The van der Waals surface area contributed by atoms with Gasteiger partial charge in [0.1, 0.15) is 0 Å². The highest BCUT2D eigenvalue weighted by Gasteiger charge is 2.46. The van der Waals surface area contributed by atoms with E-state index in [1.165, 1.54) is 11.1 Å². The lowest BCUT2D eigenvalue weighted by Gasteiger charge is -2.51. The number of fused-ring (bicyclic) bond motifs is 1. The lowest BCUT2D eigenvalue weighted by molar-refractivity contribution is 0.144. The Bertz CT molecular complexity index is 432. The minimum atomic E-state index is 0.280. The molecule has 0 radical (unpaired) electrons. The summed E-state index contributed by atoms with van der Waals surface area (Å²) in [6.07, 6.45) is 0. The van der Waals surface area contributed by atoms with E-state index in [2.05, 4.69) is 67.5 Å². The van der Waals surface area contributed by atoms with Gasteiger partial charge in [-0.25, -0.2) is 0 Å². The summed E-state index contributed by atoms with van der Waals surface area (Å²) >= 11 is 0. The summed E-state index contributed by atoms with van der Waals surface area (Å²) in [5.74, 6) is 1.42. The van der Waals surface area contributed by atoms with Crippen molar-refractivity contribution in [1.29, 1.82) is 0 Å². The minimum absolute atomic E-state index is 0.280. The zero-order valence-electron chi connectivity index (χ0n) is 13.3. The molecule has 0 unspecified atom stereocenters. The first-order valence-corrected chi connectivity index (χ1v) is 7.22. The van der Waals surface area contributed by atoms with Crippen molar-refractivity contribution in [3.63, 3.8) is 0 Å². The van der Waals surface area contributed by atoms with Crippen molar-refractivity contribution in [3.05, 3.63) is 34.4 Å². The highest BCUT2D eigenvalue weighted by molar-refractivity contribution is 5.47. The topological polar surface area (TPSA) is 0 Å². The molecule has 0 saturated carbocycles. The van der Waals surface area contributed by atoms with Crippen LogP contribution in [0.3, 0.4) is 0 Å². The van der Waals surface area contributed by atoms with Crippen LogP contribution in [0, 0.1) is 25.7 Å². The number of rotatable bonds is 0. The summed E-state index contributed by atoms with van der Waals surface area (Å²) in [7, 11) is 0. The van der Waals surface area contributed by atoms with Gasteiger partial charge in [-0.2, -0.15) is 0 Å². The average Bonchev–Trinajstić information content (AvgIpc) is 2.28. The molecule has 0 amide bonds. The molecule has 2 rings (SSSR count). The molecule has 0 bridgehead atoms. The lowest BCUT2D eigenvalue weighted by atomic mass is 9.53. The fraction of sp³-hybridized carbons (Fsp3) is 0.667. The summed E-state index contributed by atoms with van der Waals surface area (Å²) in [6.45, 7) is 19.0. The molecular weight excluding hydrogens is 216 g/mol. The predicted molar refractivity (Wildman–Crippen MR) is 80.3 cm³/mol. The summed E-state index contributed by atoms with van der Waals surface area (Å²) in [6, 6.07) is 4.88. The first-order valence-electron chi connectivity index (χ1n) is 7.22. The maximum atomic E-state index is 2.44. The van der Waals surface area contributed by atoms with Crippen molar-refractivity contribution in [2.45, 2.75) is 66.2 Å². The van der Waals surface area contributed by atoms with Crippen molar-refractivity contribution < 1.29 is 0 Å². The van der Waals surface area contributed by atoms with Crippen molar-refractivity contribution in [3.8, 4) is 0 Å². The van der Waals surface area contributed by atoms with Gasteiger partial charge in [0.05, 0.1) is 0 Å². The van der Waals surface area contributed by atoms with Crippen LogP contribution >= 0.6 is 0 Å². The molecule has 0 saturated heterocycles. The van der Waals surface area contributed by atoms with Crippen LogP contribution in [0.4, 0.5) is 0 Å². The van der Waals surface area contributed by atoms with Gasteiger partial charge in [-0.05, 0) is 58.8 Å². The minimum Gasteiger partial charge on any atom is -0.0614 e. The molecule has 0 heterocycles. The highest BCUT2D eigenvalue weighted by Crippen LogP contribution is 2.52. The second kappa shape index (κ2) is 3.85. The molecular formula is C18H28. The highest BCUT2D eigenvalue weighted by atomic mass is 14.5. The van der Waals surface area contributed by atoms with Crippen molar-refractivity contribution >= 4 is 0 Å². The monoisotopic (exact) mass is 244 g/mol. The molecule has 0 spiro atoms. The zero-order valence-corrected chi connectivity index (χ0v) is 13.3. The summed E-state index contributed by atoms with van der Waals surface area (Å²) in [5, 5.41) is 0. The fourth-order valence-electron chi connectivity index (χ4n) is 3.62. The molecule has 1 aliphatic rings. The summed E-state index contributed by atoms with van der Waals surface area (Å²) < 4.78 is 0. The smallest absolute Gasteiger partial charge is 0.00721 e. The van der Waals surface area contributed by atoms with Crippen LogP contribution in [0.15, 0.2) is 12.1 Å². The SMILES string of the molecule is Cc1cc2c(cc1C)C(C)(C)[C@@H](C)[C@H](C)C2(C)C. The van der Waals surface area contributed by atoms with Gasteiger partial charge in [0.25, 0.3) is 0 Å². The van der Waals surface area contributed by atoms with E-state index >= 15 is 0 Å². The lowest BCUT2D eigenvalue weighted by Crippen LogP contribution is -2.46. The van der Waals surface area contributed by atoms with Crippen LogP contribution in [0.1, 0.15) is 63.8 Å². The molecule has 18 heavy (non-hydrogen) atoms. The number of benzene rings is 1. The molecule has 0 aliphatic heterocycles. The van der Waals surface area contributed by atoms with Gasteiger partial charge in [0, 0.05) is 0 Å².